The number of aromatic nitrogens is 2. The minimum atomic E-state index is -0.908. The zero-order valence-corrected chi connectivity index (χ0v) is 13.9. The van der Waals surface area contributed by atoms with Crippen molar-refractivity contribution in [3.63, 3.8) is 0 Å². The summed E-state index contributed by atoms with van der Waals surface area (Å²) in [5.41, 5.74) is 7.04. The molecule has 0 aliphatic carbocycles. The zero-order valence-electron chi connectivity index (χ0n) is 13.9. The van der Waals surface area contributed by atoms with Gasteiger partial charge in [-0.1, -0.05) is 12.1 Å². The van der Waals surface area contributed by atoms with E-state index in [2.05, 4.69) is 9.97 Å². The number of benzene rings is 1. The van der Waals surface area contributed by atoms with Crippen molar-refractivity contribution < 1.29 is 14.3 Å². The van der Waals surface area contributed by atoms with Crippen molar-refractivity contribution >= 4 is 12.0 Å². The Labute approximate surface area is 144 Å². The van der Waals surface area contributed by atoms with E-state index in [9.17, 15) is 9.18 Å². The first-order valence-corrected chi connectivity index (χ1v) is 7.98. The van der Waals surface area contributed by atoms with E-state index in [1.807, 2.05) is 11.8 Å². The van der Waals surface area contributed by atoms with Gasteiger partial charge in [0.25, 0.3) is 0 Å². The summed E-state index contributed by atoms with van der Waals surface area (Å²) in [6, 6.07) is 6.04. The average molecular weight is 345 g/mol. The number of hydrogen-bond donors (Lipinski definition) is 2. The van der Waals surface area contributed by atoms with Gasteiger partial charge in [-0.3, -0.25) is 0 Å². The van der Waals surface area contributed by atoms with Crippen LogP contribution in [-0.2, 0) is 5.54 Å². The van der Waals surface area contributed by atoms with Gasteiger partial charge in [0.05, 0.1) is 5.54 Å². The molecule has 1 saturated heterocycles. The van der Waals surface area contributed by atoms with Crippen molar-refractivity contribution in [2.75, 3.05) is 31.1 Å². The van der Waals surface area contributed by atoms with E-state index in [1.165, 1.54) is 17.0 Å². The first kappa shape index (κ1) is 17.1. The van der Waals surface area contributed by atoms with Crippen molar-refractivity contribution in [2.45, 2.75) is 12.5 Å². The van der Waals surface area contributed by atoms with E-state index in [4.69, 9.17) is 10.8 Å². The highest BCUT2D eigenvalue weighted by molar-refractivity contribution is 5.65. The number of amides is 1. The predicted molar refractivity (Wildman–Crippen MR) is 90.9 cm³/mol. The Morgan fingerprint density at radius 3 is 2.20 bits per heavy atom. The Bertz CT molecular complexity index is 741. The lowest BCUT2D eigenvalue weighted by molar-refractivity contribution is 0.142. The van der Waals surface area contributed by atoms with Crippen molar-refractivity contribution in [1.29, 1.82) is 0 Å². The fourth-order valence-electron chi connectivity index (χ4n) is 2.81. The number of nitrogens with two attached hydrogens (primary N) is 1. The molecule has 0 saturated carbocycles. The fraction of sp³-hybridized carbons (Fsp3) is 0.353. The molecule has 25 heavy (non-hydrogen) atoms. The van der Waals surface area contributed by atoms with Gasteiger partial charge in [-0.15, -0.1) is 0 Å². The first-order valence-electron chi connectivity index (χ1n) is 7.98. The van der Waals surface area contributed by atoms with Crippen LogP contribution in [-0.4, -0.2) is 52.2 Å². The van der Waals surface area contributed by atoms with E-state index in [1.54, 1.807) is 24.5 Å². The third-order valence-corrected chi connectivity index (χ3v) is 4.51. The van der Waals surface area contributed by atoms with Crippen LogP contribution in [0.4, 0.5) is 15.1 Å². The van der Waals surface area contributed by atoms with Gasteiger partial charge in [-0.2, -0.15) is 0 Å². The second-order valence-corrected chi connectivity index (χ2v) is 6.24. The number of hydrogen-bond acceptors (Lipinski definition) is 5. The standard InChI is InChI=1S/C17H20FN5O2/c1-17(19,12-2-4-14(18)5-3-12)13-10-20-15(21-11-13)22-6-8-23(9-7-22)16(24)25/h2-5,10-11H,6-9,19H2,1H3,(H,24,25)/t17-/m0/s1. The minimum Gasteiger partial charge on any atom is -0.465 e. The van der Waals surface area contributed by atoms with Gasteiger partial charge in [0.15, 0.2) is 0 Å². The van der Waals surface area contributed by atoms with Crippen LogP contribution in [0, 0.1) is 5.82 Å². The summed E-state index contributed by atoms with van der Waals surface area (Å²) >= 11 is 0. The van der Waals surface area contributed by atoms with Crippen LogP contribution in [0.5, 0.6) is 0 Å². The van der Waals surface area contributed by atoms with E-state index in [0.717, 1.165) is 5.56 Å². The summed E-state index contributed by atoms with van der Waals surface area (Å²) < 4.78 is 13.1. The number of piperazine rings is 1. The monoisotopic (exact) mass is 345 g/mol. The fourth-order valence-corrected chi connectivity index (χ4v) is 2.81. The summed E-state index contributed by atoms with van der Waals surface area (Å²) in [5, 5.41) is 8.99. The molecule has 1 aromatic carbocycles. The molecular weight excluding hydrogens is 325 g/mol. The van der Waals surface area contributed by atoms with E-state index >= 15 is 0 Å². The second-order valence-electron chi connectivity index (χ2n) is 6.24. The maximum atomic E-state index is 13.1. The molecule has 7 nitrogen and oxygen atoms in total. The molecule has 1 fully saturated rings. The van der Waals surface area contributed by atoms with Crippen molar-refractivity contribution in [1.82, 2.24) is 14.9 Å². The number of carboxylic acid groups (broad SMARTS) is 1. The summed E-state index contributed by atoms with van der Waals surface area (Å²) in [5.74, 6) is 0.232. The molecule has 1 amide bonds. The number of carbonyl (C=O) groups is 1. The van der Waals surface area contributed by atoms with Gasteiger partial charge in [0, 0.05) is 44.1 Å². The molecule has 3 rings (SSSR count). The molecule has 0 bridgehead atoms. The minimum absolute atomic E-state index is 0.313. The maximum Gasteiger partial charge on any atom is 0.407 e. The Morgan fingerprint density at radius 2 is 1.68 bits per heavy atom. The molecule has 0 unspecified atom stereocenters. The Balaban J connectivity index is 1.74. The van der Waals surface area contributed by atoms with Gasteiger partial charge in [0.1, 0.15) is 5.82 Å². The predicted octanol–water partition coefficient (Wildman–Crippen LogP) is 1.64. The van der Waals surface area contributed by atoms with Crippen LogP contribution in [0.2, 0.25) is 0 Å². The summed E-state index contributed by atoms with van der Waals surface area (Å²) in [4.78, 5) is 23.0. The summed E-state index contributed by atoms with van der Waals surface area (Å²) in [7, 11) is 0. The molecule has 0 radical (unpaired) electrons. The normalized spacial score (nSPS) is 17.2. The van der Waals surface area contributed by atoms with E-state index < -0.39 is 11.6 Å². The number of rotatable bonds is 3. The molecule has 8 heteroatoms. The quantitative estimate of drug-likeness (QED) is 0.878. The van der Waals surface area contributed by atoms with Crippen LogP contribution >= 0.6 is 0 Å². The van der Waals surface area contributed by atoms with Crippen LogP contribution in [0.3, 0.4) is 0 Å². The number of anilines is 1. The molecule has 1 aromatic heterocycles. The van der Waals surface area contributed by atoms with E-state index in [-0.39, 0.29) is 5.82 Å². The third-order valence-electron chi connectivity index (χ3n) is 4.51. The van der Waals surface area contributed by atoms with Crippen LogP contribution < -0.4 is 10.6 Å². The first-order chi connectivity index (χ1) is 11.9. The lowest BCUT2D eigenvalue weighted by Crippen LogP contribution is -2.48. The maximum absolute atomic E-state index is 13.1. The molecule has 1 aliphatic rings. The van der Waals surface area contributed by atoms with E-state index in [0.29, 0.717) is 37.7 Å². The summed E-state index contributed by atoms with van der Waals surface area (Å²) in [6.45, 7) is 3.76. The lowest BCUT2D eigenvalue weighted by atomic mass is 9.87. The molecule has 3 N–H and O–H groups in total. The third kappa shape index (κ3) is 3.53. The highest BCUT2D eigenvalue weighted by Crippen LogP contribution is 2.26. The van der Waals surface area contributed by atoms with Crippen LogP contribution in [0.1, 0.15) is 18.1 Å². The average Bonchev–Trinajstić information content (AvgIpc) is 2.62. The van der Waals surface area contributed by atoms with Crippen molar-refractivity contribution in [3.05, 3.63) is 53.6 Å². The van der Waals surface area contributed by atoms with Gasteiger partial charge < -0.3 is 20.6 Å². The van der Waals surface area contributed by atoms with Crippen LogP contribution in [0.25, 0.3) is 0 Å². The second kappa shape index (κ2) is 6.64. The van der Waals surface area contributed by atoms with Crippen molar-refractivity contribution in [2.24, 2.45) is 5.73 Å². The molecule has 2 heterocycles. The van der Waals surface area contributed by atoms with Crippen molar-refractivity contribution in [3.8, 4) is 0 Å². The lowest BCUT2D eigenvalue weighted by Gasteiger charge is -2.33. The van der Waals surface area contributed by atoms with Gasteiger partial charge in [-0.05, 0) is 24.6 Å². The topological polar surface area (TPSA) is 95.6 Å². The Hall–Kier alpha value is -2.74. The Kier molecular flexibility index (Phi) is 4.54. The molecule has 132 valence electrons. The Morgan fingerprint density at radius 1 is 1.12 bits per heavy atom. The zero-order chi connectivity index (χ0) is 18.0. The highest BCUT2D eigenvalue weighted by Gasteiger charge is 2.26. The summed E-state index contributed by atoms with van der Waals surface area (Å²) in [6.07, 6.45) is 2.42. The molecule has 2 aromatic rings. The number of halogens is 1. The highest BCUT2D eigenvalue weighted by atomic mass is 19.1. The SMILES string of the molecule is C[C@](N)(c1ccc(F)cc1)c1cnc(N2CCN(C(=O)O)CC2)nc1. The molecule has 1 atom stereocenters. The van der Waals surface area contributed by atoms with Gasteiger partial charge in [-0.25, -0.2) is 19.2 Å². The van der Waals surface area contributed by atoms with Gasteiger partial charge in [0.2, 0.25) is 5.95 Å². The molecule has 0 spiro atoms. The largest absolute Gasteiger partial charge is 0.465 e. The van der Waals surface area contributed by atoms with Crippen LogP contribution in [0.15, 0.2) is 36.7 Å². The van der Waals surface area contributed by atoms with Gasteiger partial charge >= 0.3 is 6.09 Å². The molecular formula is C17H20FN5O2. The smallest absolute Gasteiger partial charge is 0.407 e. The molecule has 1 aliphatic heterocycles. The number of nitrogens with zero attached hydrogens (tertiary/aromatic N) is 4.